The standard InChI is InChI=1S/C10H19N3Si2/c1-14(2,3)8-7-9-10(12-13-11-9)15(4,5)6/h1-6H3,(H,11,12,13). The Bertz CT molecular complexity index is 399. The molecule has 0 saturated carbocycles. The summed E-state index contributed by atoms with van der Waals surface area (Å²) in [6.07, 6.45) is 0. The third-order valence-corrected chi connectivity index (χ3v) is 4.46. The molecule has 0 aliphatic carbocycles. The van der Waals surface area contributed by atoms with Crippen LogP contribution < -0.4 is 5.32 Å². The molecule has 0 amide bonds. The number of hydrogen-bond donors (Lipinski definition) is 1. The van der Waals surface area contributed by atoms with Crippen LogP contribution in [0.3, 0.4) is 0 Å². The van der Waals surface area contributed by atoms with Gasteiger partial charge in [0.25, 0.3) is 0 Å². The molecule has 0 unspecified atom stereocenters. The minimum absolute atomic E-state index is 0.858. The number of aromatic amines is 1. The highest BCUT2D eigenvalue weighted by Crippen LogP contribution is 2.02. The molecule has 1 aromatic rings. The minimum atomic E-state index is -1.41. The second-order valence-electron chi connectivity index (χ2n) is 5.77. The second-order valence-corrected chi connectivity index (χ2v) is 15.5. The fraction of sp³-hybridized carbons (Fsp3) is 0.600. The number of nitrogens with zero attached hydrogens (tertiary/aromatic N) is 2. The Balaban J connectivity index is 3.06. The van der Waals surface area contributed by atoms with E-state index in [0.717, 1.165) is 11.0 Å². The molecule has 0 bridgehead atoms. The van der Waals surface area contributed by atoms with Crippen molar-refractivity contribution in [2.75, 3.05) is 0 Å². The maximum atomic E-state index is 4.23. The fourth-order valence-corrected chi connectivity index (χ4v) is 2.80. The molecule has 1 aromatic heterocycles. The summed E-state index contributed by atoms with van der Waals surface area (Å²) in [5.74, 6) is 3.18. The smallest absolute Gasteiger partial charge is 0.153 e. The molecule has 0 aromatic carbocycles. The zero-order chi connectivity index (χ0) is 11.7. The first-order chi connectivity index (χ1) is 6.70. The van der Waals surface area contributed by atoms with E-state index >= 15 is 0 Å². The summed E-state index contributed by atoms with van der Waals surface area (Å²) >= 11 is 0. The summed E-state index contributed by atoms with van der Waals surface area (Å²) in [5.41, 5.74) is 4.18. The number of nitrogens with one attached hydrogen (secondary N) is 1. The molecule has 1 rings (SSSR count). The molecule has 1 heterocycles. The Kier molecular flexibility index (Phi) is 3.21. The third-order valence-electron chi connectivity index (χ3n) is 1.81. The predicted molar refractivity (Wildman–Crippen MR) is 69.6 cm³/mol. The molecule has 0 aliphatic heterocycles. The first-order valence-electron chi connectivity index (χ1n) is 5.14. The lowest BCUT2D eigenvalue weighted by Crippen LogP contribution is -2.40. The molecular weight excluding hydrogens is 218 g/mol. The summed E-state index contributed by atoms with van der Waals surface area (Å²) < 4.78 is 0. The highest BCUT2D eigenvalue weighted by atomic mass is 28.3. The molecule has 3 nitrogen and oxygen atoms in total. The van der Waals surface area contributed by atoms with Gasteiger partial charge in [0.05, 0.1) is 5.32 Å². The SMILES string of the molecule is C[Si](C)(C)C#Cc1n[nH]nc1[Si](C)(C)C. The Labute approximate surface area is 93.7 Å². The average Bonchev–Trinajstić information content (AvgIpc) is 2.45. The van der Waals surface area contributed by atoms with E-state index < -0.39 is 16.1 Å². The van der Waals surface area contributed by atoms with Crippen LogP contribution in [-0.2, 0) is 0 Å². The number of hydrogen-bond acceptors (Lipinski definition) is 2. The van der Waals surface area contributed by atoms with Crippen LogP contribution in [0.2, 0.25) is 39.3 Å². The van der Waals surface area contributed by atoms with E-state index in [9.17, 15) is 0 Å². The van der Waals surface area contributed by atoms with E-state index in [1.165, 1.54) is 0 Å². The topological polar surface area (TPSA) is 41.6 Å². The molecular formula is C10H19N3Si2. The van der Waals surface area contributed by atoms with E-state index in [4.69, 9.17) is 0 Å². The molecule has 0 radical (unpaired) electrons. The van der Waals surface area contributed by atoms with Gasteiger partial charge in [0.1, 0.15) is 16.1 Å². The third kappa shape index (κ3) is 3.65. The molecule has 0 spiro atoms. The van der Waals surface area contributed by atoms with Crippen molar-refractivity contribution in [2.45, 2.75) is 39.3 Å². The van der Waals surface area contributed by atoms with Gasteiger partial charge in [-0.1, -0.05) is 45.2 Å². The van der Waals surface area contributed by atoms with Gasteiger partial charge in [0, 0.05) is 0 Å². The summed E-state index contributed by atoms with van der Waals surface area (Å²) in [5, 5.41) is 12.1. The highest BCUT2D eigenvalue weighted by Gasteiger charge is 2.23. The molecule has 5 heteroatoms. The van der Waals surface area contributed by atoms with Gasteiger partial charge in [0.2, 0.25) is 0 Å². The normalized spacial score (nSPS) is 12.1. The van der Waals surface area contributed by atoms with Crippen molar-refractivity contribution in [3.63, 3.8) is 0 Å². The van der Waals surface area contributed by atoms with Crippen LogP contribution in [0.25, 0.3) is 0 Å². The zero-order valence-electron chi connectivity index (χ0n) is 10.4. The van der Waals surface area contributed by atoms with Crippen LogP contribution in [0.15, 0.2) is 0 Å². The quantitative estimate of drug-likeness (QED) is 0.595. The lowest BCUT2D eigenvalue weighted by Gasteiger charge is -2.11. The maximum Gasteiger partial charge on any atom is 0.153 e. The molecule has 0 fully saturated rings. The van der Waals surface area contributed by atoms with Crippen molar-refractivity contribution in [2.24, 2.45) is 0 Å². The molecule has 15 heavy (non-hydrogen) atoms. The van der Waals surface area contributed by atoms with Gasteiger partial charge in [-0.2, -0.15) is 10.3 Å². The van der Waals surface area contributed by atoms with Crippen molar-refractivity contribution in [1.29, 1.82) is 0 Å². The van der Waals surface area contributed by atoms with Crippen molar-refractivity contribution < 1.29 is 0 Å². The fourth-order valence-electron chi connectivity index (χ4n) is 1.09. The molecule has 0 aliphatic rings. The van der Waals surface area contributed by atoms with Crippen molar-refractivity contribution in [3.05, 3.63) is 5.69 Å². The van der Waals surface area contributed by atoms with Gasteiger partial charge in [-0.15, -0.1) is 10.6 Å². The Morgan fingerprint density at radius 3 is 2.07 bits per heavy atom. The molecule has 0 saturated heterocycles. The van der Waals surface area contributed by atoms with Gasteiger partial charge in [0.15, 0.2) is 5.69 Å². The van der Waals surface area contributed by atoms with Crippen molar-refractivity contribution >= 4 is 21.5 Å². The van der Waals surface area contributed by atoms with Gasteiger partial charge >= 0.3 is 0 Å². The van der Waals surface area contributed by atoms with E-state index in [-0.39, 0.29) is 0 Å². The lowest BCUT2D eigenvalue weighted by atomic mass is 10.5. The van der Waals surface area contributed by atoms with E-state index in [1.807, 2.05) is 0 Å². The molecule has 0 atom stereocenters. The summed E-state index contributed by atoms with van der Waals surface area (Å²) in [4.78, 5) is 0. The van der Waals surface area contributed by atoms with Gasteiger partial charge in [-0.05, 0) is 0 Å². The lowest BCUT2D eigenvalue weighted by molar-refractivity contribution is 0.941. The Morgan fingerprint density at radius 2 is 1.60 bits per heavy atom. The van der Waals surface area contributed by atoms with E-state index in [2.05, 4.69) is 66.2 Å². The highest BCUT2D eigenvalue weighted by molar-refractivity contribution is 6.88. The van der Waals surface area contributed by atoms with Crippen LogP contribution >= 0.6 is 0 Å². The number of rotatable bonds is 1. The van der Waals surface area contributed by atoms with E-state index in [0.29, 0.717) is 0 Å². The predicted octanol–water partition coefficient (Wildman–Crippen LogP) is 1.58. The van der Waals surface area contributed by atoms with Crippen LogP contribution in [0, 0.1) is 11.5 Å². The monoisotopic (exact) mass is 237 g/mol. The Morgan fingerprint density at radius 1 is 1.00 bits per heavy atom. The van der Waals surface area contributed by atoms with Crippen LogP contribution in [-0.4, -0.2) is 31.6 Å². The largest absolute Gasteiger partial charge is 0.197 e. The van der Waals surface area contributed by atoms with Crippen LogP contribution in [0.1, 0.15) is 5.69 Å². The summed E-state index contributed by atoms with van der Waals surface area (Å²) in [7, 11) is -2.74. The number of H-pyrrole nitrogens is 1. The van der Waals surface area contributed by atoms with Gasteiger partial charge < -0.3 is 0 Å². The van der Waals surface area contributed by atoms with Crippen LogP contribution in [0.4, 0.5) is 0 Å². The summed E-state index contributed by atoms with van der Waals surface area (Å²) in [6, 6.07) is 0. The van der Waals surface area contributed by atoms with Gasteiger partial charge in [-0.3, -0.25) is 0 Å². The van der Waals surface area contributed by atoms with Gasteiger partial charge in [-0.25, -0.2) is 0 Å². The minimum Gasteiger partial charge on any atom is -0.197 e. The number of aromatic nitrogens is 3. The van der Waals surface area contributed by atoms with Crippen LogP contribution in [0.5, 0.6) is 0 Å². The van der Waals surface area contributed by atoms with Crippen molar-refractivity contribution in [3.8, 4) is 11.5 Å². The second kappa shape index (κ2) is 3.95. The average molecular weight is 237 g/mol. The zero-order valence-corrected chi connectivity index (χ0v) is 12.4. The first kappa shape index (κ1) is 12.2. The molecule has 1 N–H and O–H groups in total. The Hall–Kier alpha value is -0.866. The molecule has 82 valence electrons. The van der Waals surface area contributed by atoms with E-state index in [1.54, 1.807) is 0 Å². The van der Waals surface area contributed by atoms with Crippen molar-refractivity contribution in [1.82, 2.24) is 15.4 Å². The maximum absolute atomic E-state index is 4.23. The summed E-state index contributed by atoms with van der Waals surface area (Å²) in [6.45, 7) is 13.5. The first-order valence-corrected chi connectivity index (χ1v) is 12.1.